The molecule has 6 rings (SSSR count). The average molecular weight is 521 g/mol. The molecule has 0 atom stereocenters. The molecule has 0 saturated carbocycles. The maximum absolute atomic E-state index is 13.3. The monoisotopic (exact) mass is 520 g/mol. The van der Waals surface area contributed by atoms with E-state index in [1.54, 1.807) is 0 Å². The molecule has 7 heteroatoms. The molecule has 0 spiro atoms. The number of fused-ring (bicyclic) bond motifs is 1. The highest BCUT2D eigenvalue weighted by molar-refractivity contribution is 6.06. The normalized spacial score (nSPS) is 16.5. The molecule has 3 heterocycles. The summed E-state index contributed by atoms with van der Waals surface area (Å²) in [5, 5.41) is 1.23. The molecular weight excluding hydrogens is 484 g/mol. The Morgan fingerprint density at radius 3 is 2.15 bits per heavy atom. The molecule has 7 nitrogen and oxygen atoms in total. The minimum atomic E-state index is 0.0243. The van der Waals surface area contributed by atoms with Crippen molar-refractivity contribution in [3.63, 3.8) is 0 Å². The topological polar surface area (TPSA) is 68.9 Å². The average Bonchev–Trinajstić information content (AvgIpc) is 3.37. The Morgan fingerprint density at radius 2 is 1.44 bits per heavy atom. The van der Waals surface area contributed by atoms with E-state index >= 15 is 0 Å². The Kier molecular flexibility index (Phi) is 7.18. The number of hydrogen-bond donors (Lipinski definition) is 1. The number of urea groups is 1. The highest BCUT2D eigenvalue weighted by Crippen LogP contribution is 2.28. The first-order chi connectivity index (χ1) is 19.1. The Morgan fingerprint density at radius 1 is 0.769 bits per heavy atom. The molecule has 200 valence electrons. The van der Waals surface area contributed by atoms with E-state index in [1.165, 1.54) is 16.6 Å². The molecule has 1 aromatic heterocycles. The Balaban J connectivity index is 1.06. The van der Waals surface area contributed by atoms with Gasteiger partial charge in [-0.15, -0.1) is 0 Å². The van der Waals surface area contributed by atoms with Gasteiger partial charge in [0.15, 0.2) is 0 Å². The maximum atomic E-state index is 13.3. The molecule has 4 aromatic rings. The Hall–Kier alpha value is -3.94. The van der Waals surface area contributed by atoms with Crippen molar-refractivity contribution in [2.24, 2.45) is 5.73 Å². The molecule has 2 fully saturated rings. The lowest BCUT2D eigenvalue weighted by Crippen LogP contribution is -2.47. The molecule has 0 aliphatic carbocycles. The van der Waals surface area contributed by atoms with Crippen molar-refractivity contribution in [1.29, 1.82) is 0 Å². The van der Waals surface area contributed by atoms with E-state index in [0.29, 0.717) is 19.6 Å². The van der Waals surface area contributed by atoms with E-state index in [9.17, 15) is 4.79 Å². The molecule has 3 aromatic carbocycles. The van der Waals surface area contributed by atoms with Crippen molar-refractivity contribution in [2.45, 2.75) is 19.9 Å². The van der Waals surface area contributed by atoms with Gasteiger partial charge >= 0.3 is 6.03 Å². The summed E-state index contributed by atoms with van der Waals surface area (Å²) in [7, 11) is 0. The number of pyridine rings is 1. The lowest BCUT2D eigenvalue weighted by atomic mass is 10.1. The van der Waals surface area contributed by atoms with Crippen LogP contribution in [0, 0.1) is 6.92 Å². The Labute approximate surface area is 230 Å². The van der Waals surface area contributed by atoms with Gasteiger partial charge in [-0.25, -0.2) is 4.79 Å². The van der Waals surface area contributed by atoms with E-state index in [-0.39, 0.29) is 6.03 Å². The molecule has 2 aliphatic rings. The molecule has 0 radical (unpaired) electrons. The maximum Gasteiger partial charge on any atom is 0.329 e. The van der Waals surface area contributed by atoms with Crippen molar-refractivity contribution in [3.8, 4) is 0 Å². The quantitative estimate of drug-likeness (QED) is 0.379. The highest BCUT2D eigenvalue weighted by Gasteiger charge is 2.31. The summed E-state index contributed by atoms with van der Waals surface area (Å²) >= 11 is 0. The summed E-state index contributed by atoms with van der Waals surface area (Å²) in [5.74, 6) is 0. The number of nitrogens with zero attached hydrogens (tertiary/aromatic N) is 5. The third kappa shape index (κ3) is 5.33. The van der Waals surface area contributed by atoms with Crippen molar-refractivity contribution in [2.75, 3.05) is 60.5 Å². The smallest absolute Gasteiger partial charge is 0.329 e. The minimum Gasteiger partial charge on any atom is -0.368 e. The fourth-order valence-corrected chi connectivity index (χ4v) is 5.76. The van der Waals surface area contributed by atoms with Crippen LogP contribution < -0.4 is 20.4 Å². The zero-order valence-electron chi connectivity index (χ0n) is 22.6. The first-order valence-corrected chi connectivity index (χ1v) is 13.9. The minimum absolute atomic E-state index is 0.0243. The summed E-state index contributed by atoms with van der Waals surface area (Å²) in [6.45, 7) is 8.98. The van der Waals surface area contributed by atoms with Crippen molar-refractivity contribution < 1.29 is 4.79 Å². The van der Waals surface area contributed by atoms with Crippen LogP contribution in [-0.2, 0) is 13.0 Å². The van der Waals surface area contributed by atoms with Crippen molar-refractivity contribution in [1.82, 2.24) is 9.88 Å². The van der Waals surface area contributed by atoms with Crippen LogP contribution >= 0.6 is 0 Å². The van der Waals surface area contributed by atoms with Gasteiger partial charge in [-0.2, -0.15) is 0 Å². The summed E-state index contributed by atoms with van der Waals surface area (Å²) in [6, 6.07) is 27.2. The number of hydrogen-bond acceptors (Lipinski definition) is 5. The second kappa shape index (κ2) is 11.0. The summed E-state index contributed by atoms with van der Waals surface area (Å²) in [6.07, 6.45) is 0.968. The predicted octanol–water partition coefficient (Wildman–Crippen LogP) is 4.81. The number of nitrogens with two attached hydrogens (primary N) is 1. The summed E-state index contributed by atoms with van der Waals surface area (Å²) in [5.41, 5.74) is 13.4. The van der Waals surface area contributed by atoms with E-state index in [1.807, 2.05) is 47.1 Å². The number of carbonyl (C=O) groups excluding carboxylic acids is 1. The molecule has 2 N–H and O–H groups in total. The van der Waals surface area contributed by atoms with Gasteiger partial charge in [-0.3, -0.25) is 19.7 Å². The number of carbonyl (C=O) groups is 1. The van der Waals surface area contributed by atoms with Gasteiger partial charge in [0.1, 0.15) is 0 Å². The van der Waals surface area contributed by atoms with Gasteiger partial charge in [0, 0.05) is 80.5 Å². The number of aromatic nitrogens is 1. The molecule has 2 saturated heterocycles. The molecule has 39 heavy (non-hydrogen) atoms. The van der Waals surface area contributed by atoms with Crippen LogP contribution in [0.3, 0.4) is 0 Å². The number of benzene rings is 3. The fraction of sp³-hybridized carbons (Fsp3) is 0.312. The number of anilines is 3. The van der Waals surface area contributed by atoms with Crippen molar-refractivity contribution >= 4 is 34.0 Å². The number of piperazine rings is 1. The third-order valence-electron chi connectivity index (χ3n) is 7.97. The predicted molar refractivity (Wildman–Crippen MR) is 160 cm³/mol. The van der Waals surface area contributed by atoms with Crippen LogP contribution in [0.15, 0.2) is 78.9 Å². The molecule has 0 bridgehead atoms. The molecular formula is C32H36N6O. The first kappa shape index (κ1) is 25.3. The third-order valence-corrected chi connectivity index (χ3v) is 7.97. The fourth-order valence-electron chi connectivity index (χ4n) is 5.76. The SMILES string of the molecule is Cc1ccc2c(N3CCN(CCc4cccc(N5CCN(c6cccc(CN)c6)C5=O)c4)CC3)cccc2n1. The first-order valence-electron chi connectivity index (χ1n) is 13.9. The second-order valence-electron chi connectivity index (χ2n) is 10.5. The number of rotatable bonds is 7. The molecule has 0 unspecified atom stereocenters. The van der Waals surface area contributed by atoms with Crippen molar-refractivity contribution in [3.05, 3.63) is 95.7 Å². The van der Waals surface area contributed by atoms with Gasteiger partial charge in [0.25, 0.3) is 0 Å². The Bertz CT molecular complexity index is 1480. The number of amides is 2. The lowest BCUT2D eigenvalue weighted by molar-refractivity contribution is 0.256. The van der Waals surface area contributed by atoms with Gasteiger partial charge in [-0.1, -0.05) is 30.3 Å². The van der Waals surface area contributed by atoms with E-state index in [2.05, 4.69) is 58.3 Å². The zero-order chi connectivity index (χ0) is 26.8. The van der Waals surface area contributed by atoms with E-state index in [0.717, 1.165) is 67.3 Å². The molecule has 2 aliphatic heterocycles. The van der Waals surface area contributed by atoms with E-state index < -0.39 is 0 Å². The van der Waals surface area contributed by atoms with Crippen LogP contribution in [0.4, 0.5) is 21.9 Å². The standard InChI is InChI=1S/C32H36N6O/c1-24-11-12-29-30(34-24)9-4-10-31(29)36-17-15-35(16-18-36)14-13-25-5-2-7-27(21-25)37-19-20-38(32(37)39)28-8-3-6-26(22-28)23-33/h2-12,21-22H,13-20,23,33H2,1H3. The zero-order valence-corrected chi connectivity index (χ0v) is 22.6. The van der Waals surface area contributed by atoms with Crippen LogP contribution in [-0.4, -0.2) is 61.7 Å². The van der Waals surface area contributed by atoms with Gasteiger partial charge in [0.05, 0.1) is 5.52 Å². The number of aryl methyl sites for hydroxylation is 1. The van der Waals surface area contributed by atoms with Crippen LogP contribution in [0.5, 0.6) is 0 Å². The van der Waals surface area contributed by atoms with Gasteiger partial charge in [-0.05, 0) is 73.0 Å². The van der Waals surface area contributed by atoms with Crippen LogP contribution in [0.2, 0.25) is 0 Å². The van der Waals surface area contributed by atoms with Gasteiger partial charge < -0.3 is 10.6 Å². The highest BCUT2D eigenvalue weighted by atomic mass is 16.2. The largest absolute Gasteiger partial charge is 0.368 e. The summed E-state index contributed by atoms with van der Waals surface area (Å²) in [4.78, 5) is 26.7. The van der Waals surface area contributed by atoms with Crippen LogP contribution in [0.1, 0.15) is 16.8 Å². The van der Waals surface area contributed by atoms with Crippen LogP contribution in [0.25, 0.3) is 10.9 Å². The molecule has 2 amide bonds. The lowest BCUT2D eigenvalue weighted by Gasteiger charge is -2.36. The summed E-state index contributed by atoms with van der Waals surface area (Å²) < 4.78 is 0. The second-order valence-corrected chi connectivity index (χ2v) is 10.5. The van der Waals surface area contributed by atoms with Gasteiger partial charge in [0.2, 0.25) is 0 Å². The van der Waals surface area contributed by atoms with E-state index in [4.69, 9.17) is 10.7 Å².